The normalized spacial score (nSPS) is 10.1. The van der Waals surface area contributed by atoms with Gasteiger partial charge in [-0.2, -0.15) is 0 Å². The molecule has 1 N–H and O–H groups in total. The number of amides is 1. The van der Waals surface area contributed by atoms with Gasteiger partial charge in [-0.3, -0.25) is 4.79 Å². The first kappa shape index (κ1) is 15.4. The molecular weight excluding hydrogens is 278 g/mol. The highest BCUT2D eigenvalue weighted by Gasteiger charge is 2.10. The van der Waals surface area contributed by atoms with E-state index < -0.39 is 0 Å². The highest BCUT2D eigenvalue weighted by molar-refractivity contribution is 7.99. The van der Waals surface area contributed by atoms with Gasteiger partial charge in [0.05, 0.1) is 5.56 Å². The van der Waals surface area contributed by atoms with E-state index in [0.29, 0.717) is 6.54 Å². The summed E-state index contributed by atoms with van der Waals surface area (Å²) in [4.78, 5) is 13.3. The Labute approximate surface area is 130 Å². The van der Waals surface area contributed by atoms with E-state index >= 15 is 0 Å². The van der Waals surface area contributed by atoms with Crippen LogP contribution in [0.4, 0.5) is 0 Å². The summed E-state index contributed by atoms with van der Waals surface area (Å²) < 4.78 is 0. The van der Waals surface area contributed by atoms with Crippen molar-refractivity contribution in [2.75, 3.05) is 5.75 Å². The lowest BCUT2D eigenvalue weighted by Gasteiger charge is -2.09. The van der Waals surface area contributed by atoms with Gasteiger partial charge in [-0.15, -0.1) is 18.3 Å². The van der Waals surface area contributed by atoms with Crippen molar-refractivity contribution in [1.29, 1.82) is 0 Å². The summed E-state index contributed by atoms with van der Waals surface area (Å²) in [5, 5.41) is 2.98. The number of thioether (sulfide) groups is 1. The molecule has 2 aromatic rings. The van der Waals surface area contributed by atoms with Gasteiger partial charge >= 0.3 is 0 Å². The number of aryl methyl sites for hydroxylation is 1. The van der Waals surface area contributed by atoms with Crippen LogP contribution in [-0.4, -0.2) is 11.7 Å². The lowest BCUT2D eigenvalue weighted by atomic mass is 10.1. The maximum absolute atomic E-state index is 12.3. The van der Waals surface area contributed by atoms with Crippen LogP contribution in [-0.2, 0) is 6.54 Å². The number of rotatable bonds is 6. The third kappa shape index (κ3) is 4.50. The highest BCUT2D eigenvalue weighted by Crippen LogP contribution is 2.22. The summed E-state index contributed by atoms with van der Waals surface area (Å²) in [5.41, 5.74) is 3.03. The molecule has 0 aliphatic carbocycles. The van der Waals surface area contributed by atoms with Crippen molar-refractivity contribution in [3.8, 4) is 0 Å². The van der Waals surface area contributed by atoms with Crippen molar-refractivity contribution in [2.45, 2.75) is 18.4 Å². The van der Waals surface area contributed by atoms with E-state index in [-0.39, 0.29) is 5.91 Å². The number of carbonyl (C=O) groups is 1. The molecule has 21 heavy (non-hydrogen) atoms. The third-order valence-corrected chi connectivity index (χ3v) is 4.09. The molecule has 2 nitrogen and oxygen atoms in total. The fourth-order valence-electron chi connectivity index (χ4n) is 2.03. The van der Waals surface area contributed by atoms with Gasteiger partial charge in [0.2, 0.25) is 0 Å². The van der Waals surface area contributed by atoms with Gasteiger partial charge in [0, 0.05) is 17.2 Å². The van der Waals surface area contributed by atoms with Crippen LogP contribution in [0.2, 0.25) is 0 Å². The van der Waals surface area contributed by atoms with E-state index in [1.807, 2.05) is 55.5 Å². The summed E-state index contributed by atoms with van der Waals surface area (Å²) in [7, 11) is 0. The Balaban J connectivity index is 2.04. The zero-order valence-corrected chi connectivity index (χ0v) is 13.0. The van der Waals surface area contributed by atoms with Crippen molar-refractivity contribution in [1.82, 2.24) is 5.32 Å². The van der Waals surface area contributed by atoms with Gasteiger partial charge in [0.1, 0.15) is 0 Å². The fraction of sp³-hybridized carbons (Fsp3) is 0.167. The second-order valence-corrected chi connectivity index (χ2v) is 5.83. The number of nitrogens with one attached hydrogen (secondary N) is 1. The summed E-state index contributed by atoms with van der Waals surface area (Å²) in [6.45, 7) is 6.30. The van der Waals surface area contributed by atoms with Gasteiger partial charge in [0.15, 0.2) is 0 Å². The molecule has 1 amide bonds. The van der Waals surface area contributed by atoms with E-state index in [1.54, 1.807) is 11.8 Å². The minimum absolute atomic E-state index is 0.0383. The SMILES string of the molecule is C=CCSc1ccccc1C(=O)NCc1cccc(C)c1. The number of hydrogen-bond donors (Lipinski definition) is 1. The Morgan fingerprint density at radius 3 is 2.81 bits per heavy atom. The molecule has 0 aliphatic heterocycles. The van der Waals surface area contributed by atoms with Crippen LogP contribution in [0.5, 0.6) is 0 Å². The molecule has 2 rings (SSSR count). The Kier molecular flexibility index (Phi) is 5.64. The van der Waals surface area contributed by atoms with E-state index in [0.717, 1.165) is 21.8 Å². The summed E-state index contributed by atoms with van der Waals surface area (Å²) in [6, 6.07) is 15.8. The number of benzene rings is 2. The third-order valence-electron chi connectivity index (χ3n) is 3.02. The van der Waals surface area contributed by atoms with Gasteiger partial charge in [-0.05, 0) is 24.6 Å². The quantitative estimate of drug-likeness (QED) is 0.639. The molecular formula is C18H19NOS. The molecule has 0 spiro atoms. The molecule has 2 aromatic carbocycles. The zero-order valence-electron chi connectivity index (χ0n) is 12.1. The van der Waals surface area contributed by atoms with E-state index in [4.69, 9.17) is 0 Å². The molecule has 0 heterocycles. The molecule has 108 valence electrons. The second-order valence-electron chi connectivity index (χ2n) is 4.77. The Bertz CT molecular complexity index is 637. The van der Waals surface area contributed by atoms with Crippen LogP contribution >= 0.6 is 11.8 Å². The molecule has 0 aliphatic rings. The largest absolute Gasteiger partial charge is 0.348 e. The lowest BCUT2D eigenvalue weighted by molar-refractivity contribution is 0.0948. The average molecular weight is 297 g/mol. The van der Waals surface area contributed by atoms with Crippen LogP contribution < -0.4 is 5.32 Å². The monoisotopic (exact) mass is 297 g/mol. The van der Waals surface area contributed by atoms with Crippen LogP contribution in [0.1, 0.15) is 21.5 Å². The Morgan fingerprint density at radius 2 is 2.05 bits per heavy atom. The predicted octanol–water partition coefficient (Wildman–Crippen LogP) is 4.20. The highest BCUT2D eigenvalue weighted by atomic mass is 32.2. The second kappa shape index (κ2) is 7.70. The summed E-state index contributed by atoms with van der Waals surface area (Å²) in [5.74, 6) is 0.756. The van der Waals surface area contributed by atoms with Crippen molar-refractivity contribution in [3.63, 3.8) is 0 Å². The van der Waals surface area contributed by atoms with Gasteiger partial charge in [0.25, 0.3) is 5.91 Å². The zero-order chi connectivity index (χ0) is 15.1. The van der Waals surface area contributed by atoms with Crippen LogP contribution in [0, 0.1) is 6.92 Å². The first-order valence-corrected chi connectivity index (χ1v) is 7.85. The first-order valence-electron chi connectivity index (χ1n) is 6.87. The molecule has 0 radical (unpaired) electrons. The van der Waals surface area contributed by atoms with Crippen molar-refractivity contribution < 1.29 is 4.79 Å². The molecule has 0 saturated heterocycles. The first-order chi connectivity index (χ1) is 10.2. The van der Waals surface area contributed by atoms with E-state index in [1.165, 1.54) is 5.56 Å². The fourth-order valence-corrected chi connectivity index (χ4v) is 2.82. The maximum atomic E-state index is 12.3. The van der Waals surface area contributed by atoms with Crippen LogP contribution in [0.3, 0.4) is 0 Å². The molecule has 0 unspecified atom stereocenters. The van der Waals surface area contributed by atoms with Gasteiger partial charge in [-0.25, -0.2) is 0 Å². The Morgan fingerprint density at radius 1 is 1.24 bits per heavy atom. The molecule has 0 bridgehead atoms. The van der Waals surface area contributed by atoms with Crippen LogP contribution in [0.15, 0.2) is 66.1 Å². The van der Waals surface area contributed by atoms with Gasteiger partial charge < -0.3 is 5.32 Å². The maximum Gasteiger partial charge on any atom is 0.252 e. The predicted molar refractivity (Wildman–Crippen MR) is 89.7 cm³/mol. The average Bonchev–Trinajstić information content (AvgIpc) is 2.51. The summed E-state index contributed by atoms with van der Waals surface area (Å²) >= 11 is 1.62. The molecule has 0 saturated carbocycles. The molecule has 0 atom stereocenters. The minimum Gasteiger partial charge on any atom is -0.348 e. The number of carbonyl (C=O) groups excluding carboxylic acids is 1. The molecule has 3 heteroatoms. The van der Waals surface area contributed by atoms with Crippen molar-refractivity contribution in [2.24, 2.45) is 0 Å². The minimum atomic E-state index is -0.0383. The smallest absolute Gasteiger partial charge is 0.252 e. The van der Waals surface area contributed by atoms with E-state index in [2.05, 4.69) is 18.0 Å². The van der Waals surface area contributed by atoms with Crippen molar-refractivity contribution in [3.05, 3.63) is 77.9 Å². The van der Waals surface area contributed by atoms with Gasteiger partial charge in [-0.1, -0.05) is 48.0 Å². The number of hydrogen-bond acceptors (Lipinski definition) is 2. The van der Waals surface area contributed by atoms with E-state index in [9.17, 15) is 4.79 Å². The lowest BCUT2D eigenvalue weighted by Crippen LogP contribution is -2.23. The molecule has 0 fully saturated rings. The molecule has 0 aromatic heterocycles. The topological polar surface area (TPSA) is 29.1 Å². The summed E-state index contributed by atoms with van der Waals surface area (Å²) in [6.07, 6.45) is 1.84. The van der Waals surface area contributed by atoms with Crippen molar-refractivity contribution >= 4 is 17.7 Å². The Hall–Kier alpha value is -2.00. The van der Waals surface area contributed by atoms with Crippen LogP contribution in [0.25, 0.3) is 0 Å². The standard InChI is InChI=1S/C18H19NOS/c1-3-11-21-17-10-5-4-9-16(17)18(20)19-13-15-8-6-7-14(2)12-15/h3-10,12H,1,11,13H2,2H3,(H,19,20).